The van der Waals surface area contributed by atoms with E-state index in [4.69, 9.17) is 5.73 Å². The molecule has 9 heteroatoms. The predicted molar refractivity (Wildman–Crippen MR) is 103 cm³/mol. The number of rotatable bonds is 6. The van der Waals surface area contributed by atoms with E-state index in [1.807, 2.05) is 0 Å². The molecule has 0 heterocycles. The fourth-order valence-electron chi connectivity index (χ4n) is 2.56. The molecule has 0 spiro atoms. The highest BCUT2D eigenvalue weighted by Crippen LogP contribution is 2.25. The highest BCUT2D eigenvalue weighted by molar-refractivity contribution is 6.00. The van der Waals surface area contributed by atoms with Crippen molar-refractivity contribution in [2.24, 2.45) is 5.73 Å². The molecular weight excluding hydrogens is 350 g/mol. The van der Waals surface area contributed by atoms with E-state index in [0.29, 0.717) is 11.4 Å². The Kier molecular flexibility index (Phi) is 5.96. The minimum absolute atomic E-state index is 0.153. The van der Waals surface area contributed by atoms with Crippen molar-refractivity contribution in [3.8, 4) is 0 Å². The van der Waals surface area contributed by atoms with Gasteiger partial charge in [0.15, 0.2) is 0 Å². The molecule has 3 amide bonds. The summed E-state index contributed by atoms with van der Waals surface area (Å²) in [7, 11) is 3.51. The molecule has 0 saturated carbocycles. The minimum Gasteiger partial charge on any atom is -0.377 e. The SMILES string of the molecule is CC(NC(=O)c1cc([N+](=O)[O-])ccc1N(C)C)c1ccc(NC(N)=O)cc1. The van der Waals surface area contributed by atoms with Crippen LogP contribution < -0.4 is 21.3 Å². The number of nitrogens with two attached hydrogens (primary N) is 1. The average Bonchev–Trinajstić information content (AvgIpc) is 2.61. The monoisotopic (exact) mass is 371 g/mol. The van der Waals surface area contributed by atoms with E-state index in [1.54, 1.807) is 56.3 Å². The number of benzene rings is 2. The van der Waals surface area contributed by atoms with Gasteiger partial charge in [-0.2, -0.15) is 0 Å². The molecule has 0 bridgehead atoms. The number of carbonyl (C=O) groups excluding carboxylic acids is 2. The molecule has 0 radical (unpaired) electrons. The van der Waals surface area contributed by atoms with Crippen LogP contribution in [0.15, 0.2) is 42.5 Å². The maximum Gasteiger partial charge on any atom is 0.316 e. The van der Waals surface area contributed by atoms with Gasteiger partial charge in [-0.25, -0.2) is 4.79 Å². The Hall–Kier alpha value is -3.62. The first-order valence-electron chi connectivity index (χ1n) is 8.12. The molecule has 2 rings (SSSR count). The second-order valence-electron chi connectivity index (χ2n) is 6.16. The highest BCUT2D eigenvalue weighted by atomic mass is 16.6. The Labute approximate surface area is 156 Å². The number of hydrogen-bond donors (Lipinski definition) is 3. The Morgan fingerprint density at radius 1 is 1.15 bits per heavy atom. The normalized spacial score (nSPS) is 11.4. The summed E-state index contributed by atoms with van der Waals surface area (Å²) in [5.41, 5.74) is 7.05. The second-order valence-corrected chi connectivity index (χ2v) is 6.16. The first kappa shape index (κ1) is 19.7. The summed E-state index contributed by atoms with van der Waals surface area (Å²) >= 11 is 0. The smallest absolute Gasteiger partial charge is 0.316 e. The molecule has 27 heavy (non-hydrogen) atoms. The van der Waals surface area contributed by atoms with Crippen LogP contribution in [-0.2, 0) is 0 Å². The van der Waals surface area contributed by atoms with Gasteiger partial charge in [0.05, 0.1) is 16.5 Å². The molecule has 0 saturated heterocycles. The van der Waals surface area contributed by atoms with Gasteiger partial charge in [0.1, 0.15) is 0 Å². The first-order valence-corrected chi connectivity index (χ1v) is 8.12. The zero-order valence-corrected chi connectivity index (χ0v) is 15.2. The zero-order valence-electron chi connectivity index (χ0n) is 15.2. The van der Waals surface area contributed by atoms with Crippen molar-refractivity contribution in [3.63, 3.8) is 0 Å². The number of amides is 3. The van der Waals surface area contributed by atoms with Gasteiger partial charge in [-0.1, -0.05) is 12.1 Å². The van der Waals surface area contributed by atoms with Crippen LogP contribution in [0, 0.1) is 10.1 Å². The quantitative estimate of drug-likeness (QED) is 0.531. The molecule has 2 aromatic rings. The number of nitrogens with zero attached hydrogens (tertiary/aromatic N) is 2. The van der Waals surface area contributed by atoms with Crippen LogP contribution in [0.3, 0.4) is 0 Å². The number of urea groups is 1. The molecule has 0 fully saturated rings. The van der Waals surface area contributed by atoms with Gasteiger partial charge in [0.25, 0.3) is 11.6 Å². The summed E-state index contributed by atoms with van der Waals surface area (Å²) in [5.74, 6) is -0.422. The van der Waals surface area contributed by atoms with E-state index in [1.165, 1.54) is 12.1 Å². The van der Waals surface area contributed by atoms with E-state index in [2.05, 4.69) is 10.6 Å². The molecule has 0 aliphatic carbocycles. The van der Waals surface area contributed by atoms with Crippen molar-refractivity contribution < 1.29 is 14.5 Å². The number of primary amides is 1. The maximum absolute atomic E-state index is 12.7. The van der Waals surface area contributed by atoms with Gasteiger partial charge in [0, 0.05) is 37.6 Å². The maximum atomic E-state index is 12.7. The molecular formula is C18H21N5O4. The summed E-state index contributed by atoms with van der Waals surface area (Å²) in [6.07, 6.45) is 0. The van der Waals surface area contributed by atoms with Crippen LogP contribution >= 0.6 is 0 Å². The molecule has 1 unspecified atom stereocenters. The summed E-state index contributed by atoms with van der Waals surface area (Å²) in [5, 5.41) is 16.3. The van der Waals surface area contributed by atoms with E-state index in [0.717, 1.165) is 5.56 Å². The third-order valence-corrected chi connectivity index (χ3v) is 3.94. The number of nitrogens with one attached hydrogen (secondary N) is 2. The lowest BCUT2D eigenvalue weighted by atomic mass is 10.1. The van der Waals surface area contributed by atoms with E-state index >= 15 is 0 Å². The second kappa shape index (κ2) is 8.17. The molecule has 9 nitrogen and oxygen atoms in total. The lowest BCUT2D eigenvalue weighted by Gasteiger charge is -2.19. The van der Waals surface area contributed by atoms with Gasteiger partial charge < -0.3 is 21.3 Å². The van der Waals surface area contributed by atoms with E-state index in [-0.39, 0.29) is 17.3 Å². The minimum atomic E-state index is -0.661. The third kappa shape index (κ3) is 4.94. The first-order chi connectivity index (χ1) is 12.7. The van der Waals surface area contributed by atoms with E-state index in [9.17, 15) is 19.7 Å². The van der Waals surface area contributed by atoms with Crippen molar-refractivity contribution in [2.45, 2.75) is 13.0 Å². The van der Waals surface area contributed by atoms with Gasteiger partial charge in [-0.05, 0) is 30.7 Å². The van der Waals surface area contributed by atoms with Crippen molar-refractivity contribution >= 4 is 29.0 Å². The number of carbonyl (C=O) groups is 2. The number of anilines is 2. The fourth-order valence-corrected chi connectivity index (χ4v) is 2.56. The zero-order chi connectivity index (χ0) is 20.1. The Balaban J connectivity index is 2.21. The average molecular weight is 371 g/mol. The predicted octanol–water partition coefficient (Wildman–Crippen LogP) is 2.64. The molecule has 0 aromatic heterocycles. The van der Waals surface area contributed by atoms with Crippen molar-refractivity contribution in [3.05, 3.63) is 63.7 Å². The summed E-state index contributed by atoms with van der Waals surface area (Å²) in [4.78, 5) is 35.8. The van der Waals surface area contributed by atoms with Crippen LogP contribution in [0.4, 0.5) is 21.9 Å². The lowest BCUT2D eigenvalue weighted by Crippen LogP contribution is -2.28. The Morgan fingerprint density at radius 2 is 1.78 bits per heavy atom. The standard InChI is InChI=1S/C18H21N5O4/c1-11(12-4-6-13(7-5-12)21-18(19)25)20-17(24)15-10-14(23(26)27)8-9-16(15)22(2)3/h4-11H,1-3H3,(H,20,24)(H3,19,21,25). The summed E-state index contributed by atoms with van der Waals surface area (Å²) in [6, 6.07) is 9.98. The molecule has 1 atom stereocenters. The van der Waals surface area contributed by atoms with Gasteiger partial charge >= 0.3 is 6.03 Å². The van der Waals surface area contributed by atoms with Crippen molar-refractivity contribution in [1.82, 2.24) is 5.32 Å². The summed E-state index contributed by atoms with van der Waals surface area (Å²) in [6.45, 7) is 1.79. The van der Waals surface area contributed by atoms with Crippen LogP contribution in [0.1, 0.15) is 28.9 Å². The van der Waals surface area contributed by atoms with E-state index < -0.39 is 16.9 Å². The number of nitro groups is 1. The highest BCUT2D eigenvalue weighted by Gasteiger charge is 2.19. The largest absolute Gasteiger partial charge is 0.377 e. The molecule has 4 N–H and O–H groups in total. The van der Waals surface area contributed by atoms with Crippen LogP contribution in [0.25, 0.3) is 0 Å². The molecule has 0 aliphatic rings. The van der Waals surface area contributed by atoms with Gasteiger partial charge in [0.2, 0.25) is 0 Å². The van der Waals surface area contributed by atoms with Crippen molar-refractivity contribution in [1.29, 1.82) is 0 Å². The van der Waals surface area contributed by atoms with Crippen LogP contribution in [0.5, 0.6) is 0 Å². The van der Waals surface area contributed by atoms with Gasteiger partial charge in [-0.3, -0.25) is 14.9 Å². The Bertz CT molecular complexity index is 865. The number of hydrogen-bond acceptors (Lipinski definition) is 5. The lowest BCUT2D eigenvalue weighted by molar-refractivity contribution is -0.384. The van der Waals surface area contributed by atoms with Crippen molar-refractivity contribution in [2.75, 3.05) is 24.3 Å². The Morgan fingerprint density at radius 3 is 2.30 bits per heavy atom. The topological polar surface area (TPSA) is 131 Å². The third-order valence-electron chi connectivity index (χ3n) is 3.94. The molecule has 0 aliphatic heterocycles. The van der Waals surface area contributed by atoms with Gasteiger partial charge in [-0.15, -0.1) is 0 Å². The molecule has 142 valence electrons. The number of non-ortho nitro benzene ring substituents is 1. The molecule has 2 aromatic carbocycles. The van der Waals surface area contributed by atoms with Crippen LogP contribution in [-0.4, -0.2) is 31.0 Å². The summed E-state index contributed by atoms with van der Waals surface area (Å²) < 4.78 is 0. The number of nitro benzene ring substituents is 1. The van der Waals surface area contributed by atoms with Crippen LogP contribution in [0.2, 0.25) is 0 Å². The fraction of sp³-hybridized carbons (Fsp3) is 0.222.